The predicted octanol–water partition coefficient (Wildman–Crippen LogP) is 1.84. The van der Waals surface area contributed by atoms with Crippen molar-refractivity contribution < 1.29 is 14.8 Å². The molecule has 0 spiro atoms. The molecule has 2 atom stereocenters. The molecule has 0 radical (unpaired) electrons. The molecular formula is C17H22N4O4. The number of rotatable bonds is 7. The van der Waals surface area contributed by atoms with Gasteiger partial charge in [-0.25, -0.2) is 0 Å². The molecule has 0 fully saturated rings. The topological polar surface area (TPSA) is 110 Å². The van der Waals surface area contributed by atoms with Gasteiger partial charge in [-0.05, 0) is 26.3 Å². The van der Waals surface area contributed by atoms with E-state index in [9.17, 15) is 20.0 Å². The third kappa shape index (κ3) is 4.21. The summed E-state index contributed by atoms with van der Waals surface area (Å²) >= 11 is 0. The molecule has 8 heteroatoms. The van der Waals surface area contributed by atoms with E-state index in [0.29, 0.717) is 13.0 Å². The summed E-state index contributed by atoms with van der Waals surface area (Å²) in [6, 6.07) is 8.83. The van der Waals surface area contributed by atoms with Crippen LogP contribution in [0.5, 0.6) is 0 Å². The number of hydrogen-bond donors (Lipinski definition) is 2. The second-order valence-corrected chi connectivity index (χ2v) is 5.87. The number of benzene rings is 1. The van der Waals surface area contributed by atoms with Gasteiger partial charge in [-0.3, -0.25) is 19.6 Å². The number of amides is 1. The summed E-state index contributed by atoms with van der Waals surface area (Å²) in [7, 11) is 0. The largest absolute Gasteiger partial charge is 0.391 e. The Morgan fingerprint density at radius 2 is 2.04 bits per heavy atom. The van der Waals surface area contributed by atoms with Crippen molar-refractivity contribution in [1.29, 1.82) is 0 Å². The van der Waals surface area contributed by atoms with E-state index in [1.165, 1.54) is 11.6 Å². The highest BCUT2D eigenvalue weighted by Crippen LogP contribution is 2.23. The Kier molecular flexibility index (Phi) is 5.87. The summed E-state index contributed by atoms with van der Waals surface area (Å²) in [6.45, 7) is 5.24. The fourth-order valence-electron chi connectivity index (χ4n) is 2.65. The minimum atomic E-state index is -0.815. The van der Waals surface area contributed by atoms with Crippen LogP contribution in [-0.2, 0) is 13.0 Å². The first-order chi connectivity index (χ1) is 11.8. The molecule has 1 amide bonds. The monoisotopic (exact) mass is 346 g/mol. The lowest BCUT2D eigenvalue weighted by atomic mass is 10.0. The van der Waals surface area contributed by atoms with Crippen molar-refractivity contribution in [3.8, 4) is 0 Å². The van der Waals surface area contributed by atoms with Crippen LogP contribution in [0.2, 0.25) is 0 Å². The molecule has 2 rings (SSSR count). The molecule has 1 aromatic heterocycles. The fraction of sp³-hybridized carbons (Fsp3) is 0.412. The lowest BCUT2D eigenvalue weighted by molar-refractivity contribution is -0.385. The third-order valence-corrected chi connectivity index (χ3v) is 4.02. The highest BCUT2D eigenvalue weighted by atomic mass is 16.6. The van der Waals surface area contributed by atoms with Crippen molar-refractivity contribution in [2.45, 2.75) is 45.9 Å². The lowest BCUT2D eigenvalue weighted by Gasteiger charge is -2.20. The Morgan fingerprint density at radius 1 is 1.40 bits per heavy atom. The van der Waals surface area contributed by atoms with Crippen LogP contribution in [0.15, 0.2) is 30.3 Å². The van der Waals surface area contributed by atoms with Crippen LogP contribution in [0.1, 0.15) is 35.6 Å². The van der Waals surface area contributed by atoms with Crippen LogP contribution in [0, 0.1) is 17.0 Å². The molecule has 25 heavy (non-hydrogen) atoms. The summed E-state index contributed by atoms with van der Waals surface area (Å²) in [5.74, 6) is -0.617. The molecule has 1 heterocycles. The number of carbonyl (C=O) groups excluding carboxylic acids is 1. The van der Waals surface area contributed by atoms with E-state index in [1.807, 2.05) is 30.3 Å². The highest BCUT2D eigenvalue weighted by Gasteiger charge is 2.31. The number of hydrogen-bond acceptors (Lipinski definition) is 5. The zero-order chi connectivity index (χ0) is 18.6. The number of aliphatic hydroxyl groups is 1. The maximum atomic E-state index is 12.5. The maximum absolute atomic E-state index is 12.5. The van der Waals surface area contributed by atoms with Crippen LogP contribution >= 0.6 is 0 Å². The van der Waals surface area contributed by atoms with Crippen molar-refractivity contribution in [2.24, 2.45) is 0 Å². The quantitative estimate of drug-likeness (QED) is 0.587. The Bertz CT molecular complexity index is 758. The van der Waals surface area contributed by atoms with Gasteiger partial charge in [-0.15, -0.1) is 0 Å². The van der Waals surface area contributed by atoms with Crippen LogP contribution < -0.4 is 5.32 Å². The zero-order valence-corrected chi connectivity index (χ0v) is 14.5. The molecule has 0 saturated carbocycles. The van der Waals surface area contributed by atoms with Gasteiger partial charge in [-0.2, -0.15) is 5.10 Å². The second-order valence-electron chi connectivity index (χ2n) is 5.87. The molecule has 134 valence electrons. The Morgan fingerprint density at radius 3 is 2.60 bits per heavy atom. The van der Waals surface area contributed by atoms with Gasteiger partial charge < -0.3 is 10.4 Å². The molecular weight excluding hydrogens is 324 g/mol. The molecule has 2 aromatic rings. The van der Waals surface area contributed by atoms with Crippen molar-refractivity contribution >= 4 is 11.6 Å². The third-order valence-electron chi connectivity index (χ3n) is 4.02. The Hall–Kier alpha value is -2.74. The van der Waals surface area contributed by atoms with E-state index in [0.717, 1.165) is 5.56 Å². The van der Waals surface area contributed by atoms with E-state index in [4.69, 9.17) is 0 Å². The maximum Gasteiger partial charge on any atom is 0.322 e. The van der Waals surface area contributed by atoms with Gasteiger partial charge in [0.15, 0.2) is 0 Å². The van der Waals surface area contributed by atoms with E-state index >= 15 is 0 Å². The number of nitro groups is 1. The second kappa shape index (κ2) is 7.89. The van der Waals surface area contributed by atoms with E-state index in [2.05, 4.69) is 10.4 Å². The standard InChI is InChI=1S/C17H22N4O4/c1-4-20-16(15(21(24)25)12(3)19-20)17(23)18-11(2)14(22)10-13-8-6-5-7-9-13/h5-9,11,14,22H,4,10H2,1-3H3,(H,18,23). The van der Waals surface area contributed by atoms with Gasteiger partial charge in [0.2, 0.25) is 5.69 Å². The molecule has 0 saturated heterocycles. The summed E-state index contributed by atoms with van der Waals surface area (Å²) < 4.78 is 1.30. The first-order valence-electron chi connectivity index (χ1n) is 8.09. The number of aliphatic hydroxyl groups excluding tert-OH is 1. The van der Waals surface area contributed by atoms with E-state index in [1.54, 1.807) is 13.8 Å². The first-order valence-corrected chi connectivity index (χ1v) is 8.09. The molecule has 0 aliphatic heterocycles. The molecule has 0 aliphatic carbocycles. The van der Waals surface area contributed by atoms with Crippen molar-refractivity contribution in [1.82, 2.24) is 15.1 Å². The van der Waals surface area contributed by atoms with Crippen LogP contribution in [0.3, 0.4) is 0 Å². The minimum Gasteiger partial charge on any atom is -0.391 e. The Balaban J connectivity index is 2.15. The van der Waals surface area contributed by atoms with Gasteiger partial charge in [0.25, 0.3) is 5.91 Å². The highest BCUT2D eigenvalue weighted by molar-refractivity contribution is 5.97. The average Bonchev–Trinajstić information content (AvgIpc) is 2.92. The van der Waals surface area contributed by atoms with Crippen molar-refractivity contribution in [3.63, 3.8) is 0 Å². The fourth-order valence-corrected chi connectivity index (χ4v) is 2.65. The van der Waals surface area contributed by atoms with Crippen LogP contribution in [0.25, 0.3) is 0 Å². The normalized spacial score (nSPS) is 13.3. The van der Waals surface area contributed by atoms with Gasteiger partial charge in [-0.1, -0.05) is 30.3 Å². The number of nitrogens with zero attached hydrogens (tertiary/aromatic N) is 3. The lowest BCUT2D eigenvalue weighted by Crippen LogP contribution is -2.43. The van der Waals surface area contributed by atoms with Gasteiger partial charge in [0.1, 0.15) is 5.69 Å². The summed E-state index contributed by atoms with van der Waals surface area (Å²) in [4.78, 5) is 23.2. The van der Waals surface area contributed by atoms with Crippen LogP contribution in [-0.4, -0.2) is 37.9 Å². The number of aromatic nitrogens is 2. The van der Waals surface area contributed by atoms with E-state index < -0.39 is 23.0 Å². The molecule has 0 bridgehead atoms. The first kappa shape index (κ1) is 18.6. The Labute approximate surface area is 145 Å². The number of nitrogens with one attached hydrogen (secondary N) is 1. The zero-order valence-electron chi connectivity index (χ0n) is 14.5. The summed E-state index contributed by atoms with van der Waals surface area (Å²) in [5.41, 5.74) is 0.735. The average molecular weight is 346 g/mol. The molecule has 2 unspecified atom stereocenters. The predicted molar refractivity (Wildman–Crippen MR) is 92.4 cm³/mol. The van der Waals surface area contributed by atoms with Gasteiger partial charge in [0.05, 0.1) is 17.1 Å². The van der Waals surface area contributed by atoms with E-state index in [-0.39, 0.29) is 17.1 Å². The van der Waals surface area contributed by atoms with Gasteiger partial charge >= 0.3 is 5.69 Å². The minimum absolute atomic E-state index is 0.0937. The van der Waals surface area contributed by atoms with Crippen molar-refractivity contribution in [2.75, 3.05) is 0 Å². The SMILES string of the molecule is CCn1nc(C)c([N+](=O)[O-])c1C(=O)NC(C)C(O)Cc1ccccc1. The molecule has 0 aliphatic rings. The molecule has 1 aromatic carbocycles. The molecule has 8 nitrogen and oxygen atoms in total. The molecule has 2 N–H and O–H groups in total. The number of carbonyl (C=O) groups is 1. The smallest absolute Gasteiger partial charge is 0.322 e. The van der Waals surface area contributed by atoms with Crippen LogP contribution in [0.4, 0.5) is 5.69 Å². The van der Waals surface area contributed by atoms with Crippen molar-refractivity contribution in [3.05, 3.63) is 57.4 Å². The summed E-state index contributed by atoms with van der Waals surface area (Å²) in [5, 5.41) is 28.3. The summed E-state index contributed by atoms with van der Waals surface area (Å²) in [6.07, 6.45) is -0.444. The van der Waals surface area contributed by atoms with Gasteiger partial charge in [0, 0.05) is 13.0 Å². The number of aryl methyl sites for hydroxylation is 2.